The number of ketones is 6. The van der Waals surface area contributed by atoms with Crippen LogP contribution < -0.4 is 0 Å². The second-order valence-corrected chi connectivity index (χ2v) is 27.4. The molecule has 6 N–H and O–H groups in total. The van der Waals surface area contributed by atoms with E-state index in [0.717, 1.165) is 89.0 Å². The molecular weight excluding hydrogens is 1340 g/mol. The van der Waals surface area contributed by atoms with Gasteiger partial charge in [-0.05, 0) is 209 Å². The van der Waals surface area contributed by atoms with E-state index in [1.807, 2.05) is 210 Å². The molecule has 3 aliphatic carbocycles. The van der Waals surface area contributed by atoms with Crippen molar-refractivity contribution in [2.75, 3.05) is 0 Å². The Labute approximate surface area is 630 Å². The first-order valence-electron chi connectivity index (χ1n) is 35.3. The molecule has 558 valence electrons. The molecule has 15 heteroatoms. The molecule has 9 aromatic rings. The number of carbonyl (C=O) groups is 6. The number of aromatic nitrogens is 3. The van der Waals surface area contributed by atoms with Crippen LogP contribution in [0.25, 0.3) is 0 Å². The van der Waals surface area contributed by atoms with E-state index in [1.165, 1.54) is 0 Å². The lowest BCUT2D eigenvalue weighted by Crippen LogP contribution is -2.23. The van der Waals surface area contributed by atoms with Crippen LogP contribution in [0.1, 0.15) is 159 Å². The van der Waals surface area contributed by atoms with Crippen molar-refractivity contribution in [1.29, 1.82) is 0 Å². The lowest BCUT2D eigenvalue weighted by atomic mass is 9.83. The van der Waals surface area contributed by atoms with Gasteiger partial charge in [0.1, 0.15) is 34.5 Å². The van der Waals surface area contributed by atoms with Crippen molar-refractivity contribution in [3.8, 4) is 34.5 Å². The summed E-state index contributed by atoms with van der Waals surface area (Å²) >= 11 is 0. The zero-order valence-corrected chi connectivity index (χ0v) is 64.3. The fourth-order valence-electron chi connectivity index (χ4n) is 12.7. The maximum atomic E-state index is 12.2. The molecule has 0 fully saturated rings. The van der Waals surface area contributed by atoms with Crippen molar-refractivity contribution in [3.05, 3.63) is 320 Å². The SMILES string of the molecule is C.CC1=C(C)C(=O)C(Cc2ccccc2)=C(C)C1=O.CC1=C(C)C(=O)C(Cc2ccccc2)=C(C)C1=O.CC1=C(C)C(=O)C(Cn2cccc2)=C(C)C1=O.Cc1c(C)c(O)c(Cc2ccccc2)c(C)c1O.Cc1c(C)c(O)c(Cc2ccccc2)c(C)c1O.Cc1c(C)c(O)c(Cn2ccnc2)c(C)c1O. The summed E-state index contributed by atoms with van der Waals surface area (Å²) in [5, 5.41) is 60.7. The van der Waals surface area contributed by atoms with Crippen molar-refractivity contribution < 1.29 is 59.4 Å². The zero-order chi connectivity index (χ0) is 78.3. The lowest BCUT2D eigenvalue weighted by molar-refractivity contribution is -0.116. The van der Waals surface area contributed by atoms with E-state index in [4.69, 9.17) is 0 Å². The molecule has 0 bridgehead atoms. The third-order valence-corrected chi connectivity index (χ3v) is 20.8. The third-order valence-electron chi connectivity index (χ3n) is 20.8. The number of hydrogen-bond donors (Lipinski definition) is 6. The molecule has 2 aromatic heterocycles. The topological polar surface area (TPSA) is 247 Å². The highest BCUT2D eigenvalue weighted by Gasteiger charge is 2.31. The molecule has 0 spiro atoms. The predicted octanol–water partition coefficient (Wildman–Crippen LogP) is 18.5. The summed E-state index contributed by atoms with van der Waals surface area (Å²) < 4.78 is 3.76. The summed E-state index contributed by atoms with van der Waals surface area (Å²) in [7, 11) is 0. The molecule has 0 saturated heterocycles. The van der Waals surface area contributed by atoms with Gasteiger partial charge in [-0.25, -0.2) is 4.98 Å². The Morgan fingerprint density at radius 1 is 0.262 bits per heavy atom. The van der Waals surface area contributed by atoms with Gasteiger partial charge in [-0.15, -0.1) is 0 Å². The summed E-state index contributed by atoms with van der Waals surface area (Å²) in [5.74, 6) is 1.68. The fourth-order valence-corrected chi connectivity index (χ4v) is 12.7. The van der Waals surface area contributed by atoms with Crippen LogP contribution in [-0.2, 0) is 67.5 Å². The molecule has 0 unspecified atom stereocenters. The third kappa shape index (κ3) is 19.6. The van der Waals surface area contributed by atoms with Crippen LogP contribution in [-0.4, -0.2) is 79.5 Å². The van der Waals surface area contributed by atoms with Crippen molar-refractivity contribution in [2.24, 2.45) is 0 Å². The zero-order valence-electron chi connectivity index (χ0n) is 64.3. The second kappa shape index (κ2) is 37.3. The standard InChI is InChI=1S/2C16H18O2.2C16H16O2.C14H15NO2.C13H16N2O2.CH4/c4*1-10-11(2)16(18)14(12(3)15(10)17)9-13-7-5-4-6-8-13;1-9-10(2)14(17)12(11(3)13(9)16)8-15-6-4-5-7-15;1-8-9(2)13(17)11(10(3)12(8)16)6-15-5-4-14-7-15;/h2*4-8,17-18H,9H2,1-3H3;2*4-8H,9H2,1-3H3;4-7H,8H2,1-3H3;4-5,7,16-17H,6H2,1-3H3;1H4. The van der Waals surface area contributed by atoms with Gasteiger partial charge in [0.15, 0.2) is 34.7 Å². The molecule has 0 radical (unpaired) electrons. The maximum absolute atomic E-state index is 12.2. The molecule has 0 atom stereocenters. The first-order chi connectivity index (χ1) is 50.1. The number of rotatable bonds is 12. The van der Waals surface area contributed by atoms with Crippen molar-refractivity contribution in [3.63, 3.8) is 0 Å². The van der Waals surface area contributed by atoms with Crippen LogP contribution in [0.3, 0.4) is 0 Å². The monoisotopic (exact) mass is 1440 g/mol. The maximum Gasteiger partial charge on any atom is 0.187 e. The second-order valence-electron chi connectivity index (χ2n) is 27.4. The first kappa shape index (κ1) is 84.2. The van der Waals surface area contributed by atoms with Crippen molar-refractivity contribution in [1.82, 2.24) is 14.1 Å². The molecule has 2 heterocycles. The van der Waals surface area contributed by atoms with Gasteiger partial charge in [-0.1, -0.05) is 129 Å². The number of hydrogen-bond acceptors (Lipinski definition) is 13. The summed E-state index contributed by atoms with van der Waals surface area (Å²) in [6.07, 6.45) is 11.3. The molecule has 0 saturated carbocycles. The Morgan fingerprint density at radius 2 is 0.523 bits per heavy atom. The number of benzene rings is 7. The fraction of sp³-hybridized carbons (Fsp3) is 0.272. The van der Waals surface area contributed by atoms with E-state index in [-0.39, 0.29) is 65.1 Å². The van der Waals surface area contributed by atoms with E-state index in [9.17, 15) is 59.4 Å². The summed E-state index contributed by atoms with van der Waals surface area (Å²) in [4.78, 5) is 76.5. The number of aromatic hydroxyl groups is 6. The van der Waals surface area contributed by atoms with Crippen LogP contribution in [0, 0.1) is 62.3 Å². The first-order valence-corrected chi connectivity index (χ1v) is 35.3. The minimum atomic E-state index is -0.00995. The van der Waals surface area contributed by atoms with Gasteiger partial charge in [-0.3, -0.25) is 28.8 Å². The quantitative estimate of drug-likeness (QED) is 0.0493. The largest absolute Gasteiger partial charge is 0.507 e. The van der Waals surface area contributed by atoms with Gasteiger partial charge in [0.2, 0.25) is 0 Å². The summed E-state index contributed by atoms with van der Waals surface area (Å²) in [6, 6.07) is 43.2. The highest BCUT2D eigenvalue weighted by molar-refractivity contribution is 6.26. The molecule has 7 aromatic carbocycles. The highest BCUT2D eigenvalue weighted by Crippen LogP contribution is 2.40. The molecular formula is C92H103N3O12. The van der Waals surface area contributed by atoms with Gasteiger partial charge in [0.25, 0.3) is 0 Å². The van der Waals surface area contributed by atoms with Gasteiger partial charge < -0.3 is 39.8 Å². The van der Waals surface area contributed by atoms with Crippen LogP contribution in [0.5, 0.6) is 34.5 Å². The lowest BCUT2D eigenvalue weighted by Gasteiger charge is -2.18. The highest BCUT2D eigenvalue weighted by atomic mass is 16.3. The smallest absolute Gasteiger partial charge is 0.187 e. The van der Waals surface area contributed by atoms with Crippen LogP contribution in [0.2, 0.25) is 0 Å². The predicted molar refractivity (Wildman–Crippen MR) is 426 cm³/mol. The van der Waals surface area contributed by atoms with Gasteiger partial charge in [0.05, 0.1) is 19.4 Å². The van der Waals surface area contributed by atoms with Crippen LogP contribution >= 0.6 is 0 Å². The number of allylic oxidation sites excluding steroid dienone is 12. The summed E-state index contributed by atoms with van der Waals surface area (Å²) in [6.45, 7) is 33.0. The molecule has 12 rings (SSSR count). The van der Waals surface area contributed by atoms with Crippen molar-refractivity contribution >= 4 is 34.7 Å². The Bertz CT molecular complexity index is 4720. The molecule has 0 amide bonds. The Morgan fingerprint density at radius 3 is 0.832 bits per heavy atom. The van der Waals surface area contributed by atoms with Gasteiger partial charge in [-0.2, -0.15) is 0 Å². The minimum Gasteiger partial charge on any atom is -0.507 e. The van der Waals surface area contributed by atoms with Crippen molar-refractivity contribution in [2.45, 2.75) is 171 Å². The Balaban J connectivity index is 0.000000201. The van der Waals surface area contributed by atoms with E-state index < -0.39 is 0 Å². The van der Waals surface area contributed by atoms with E-state index in [2.05, 4.69) is 4.98 Å². The molecule has 107 heavy (non-hydrogen) atoms. The normalized spacial score (nSPS) is 13.6. The average Bonchev–Trinajstić information content (AvgIpc) is 1.13. The number of imidazole rings is 1. The number of Topliss-reactive ketones (excluding diaryl/α,β-unsaturated/α-hetero) is 6. The van der Waals surface area contributed by atoms with Crippen LogP contribution in [0.4, 0.5) is 0 Å². The number of phenolic OH excluding ortho intramolecular Hbond substituents is 6. The average molecular weight is 1440 g/mol. The number of nitrogens with zero attached hydrogens (tertiary/aromatic N) is 3. The minimum absolute atomic E-state index is 0. The number of phenols is 6. The van der Waals surface area contributed by atoms with Gasteiger partial charge >= 0.3 is 0 Å². The van der Waals surface area contributed by atoms with Gasteiger partial charge in [0, 0.05) is 134 Å². The molecule has 15 nitrogen and oxygen atoms in total. The number of carbonyl (C=O) groups excluding carboxylic acids is 6. The van der Waals surface area contributed by atoms with E-state index in [0.29, 0.717) is 117 Å². The van der Waals surface area contributed by atoms with Crippen LogP contribution in [0.15, 0.2) is 231 Å². The van der Waals surface area contributed by atoms with E-state index in [1.54, 1.807) is 88.7 Å². The molecule has 3 aliphatic rings. The Hall–Kier alpha value is -11.7. The Kier molecular flexibility index (Phi) is 29.4. The molecule has 0 aliphatic heterocycles. The van der Waals surface area contributed by atoms with E-state index >= 15 is 0 Å². The summed E-state index contributed by atoms with van der Waals surface area (Å²) in [5.41, 5.74) is 20.5.